The molecule has 1 aliphatic rings. The second-order valence-electron chi connectivity index (χ2n) is 4.64. The Hall–Kier alpha value is -0.770. The number of aliphatic hydroxyl groups excluding tert-OH is 1. The number of aliphatic hydroxyl groups is 1. The van der Waals surface area contributed by atoms with E-state index in [4.69, 9.17) is 5.11 Å². The van der Waals surface area contributed by atoms with E-state index in [2.05, 4.69) is 19.2 Å². The topological polar surface area (TPSA) is 52.6 Å². The zero-order valence-corrected chi connectivity index (χ0v) is 9.05. The van der Waals surface area contributed by atoms with Crippen molar-refractivity contribution in [3.8, 4) is 0 Å². The van der Waals surface area contributed by atoms with Gasteiger partial charge in [-0.15, -0.1) is 0 Å². The summed E-state index contributed by atoms with van der Waals surface area (Å²) in [4.78, 5) is 13.3. The van der Waals surface area contributed by atoms with E-state index < -0.39 is 0 Å². The summed E-state index contributed by atoms with van der Waals surface area (Å²) >= 11 is 0. The molecule has 4 nitrogen and oxygen atoms in total. The van der Waals surface area contributed by atoms with E-state index in [0.29, 0.717) is 0 Å². The van der Waals surface area contributed by atoms with Gasteiger partial charge < -0.3 is 15.3 Å². The van der Waals surface area contributed by atoms with Crippen LogP contribution in [0.4, 0.5) is 4.79 Å². The Morgan fingerprint density at radius 2 is 2.29 bits per heavy atom. The molecular formula is C10H20N2O2. The number of urea groups is 1. The summed E-state index contributed by atoms with van der Waals surface area (Å²) in [6, 6.07) is 0.0299. The fraction of sp³-hybridized carbons (Fsp3) is 0.900. The zero-order chi connectivity index (χ0) is 10.6. The Morgan fingerprint density at radius 1 is 1.57 bits per heavy atom. The summed E-state index contributed by atoms with van der Waals surface area (Å²) in [5, 5.41) is 11.7. The number of hydrogen-bond donors (Lipinski definition) is 2. The third-order valence-electron chi connectivity index (χ3n) is 2.58. The van der Waals surface area contributed by atoms with Gasteiger partial charge in [0, 0.05) is 26.2 Å². The van der Waals surface area contributed by atoms with E-state index in [9.17, 15) is 4.79 Å². The van der Waals surface area contributed by atoms with Crippen LogP contribution >= 0.6 is 0 Å². The fourth-order valence-corrected chi connectivity index (χ4v) is 1.73. The Balaban J connectivity index is 2.45. The molecule has 0 aromatic heterocycles. The first kappa shape index (κ1) is 11.3. The monoisotopic (exact) mass is 200 g/mol. The highest BCUT2D eigenvalue weighted by Gasteiger charge is 2.25. The van der Waals surface area contributed by atoms with E-state index in [1.807, 2.05) is 4.90 Å². The predicted octanol–water partition coefficient (Wildman–Crippen LogP) is 0.810. The number of hydrogen-bond acceptors (Lipinski definition) is 2. The van der Waals surface area contributed by atoms with Gasteiger partial charge in [0.2, 0.25) is 0 Å². The minimum Gasteiger partial charge on any atom is -0.396 e. The van der Waals surface area contributed by atoms with Crippen LogP contribution in [-0.2, 0) is 0 Å². The summed E-state index contributed by atoms with van der Waals surface area (Å²) in [6.07, 6.45) is 1.75. The number of carbonyl (C=O) groups excluding carboxylic acids is 1. The molecule has 1 saturated heterocycles. The molecule has 0 radical (unpaired) electrons. The number of amides is 2. The molecule has 0 saturated carbocycles. The van der Waals surface area contributed by atoms with Crippen molar-refractivity contribution in [2.75, 3.05) is 26.2 Å². The Labute approximate surface area is 85.3 Å². The summed E-state index contributed by atoms with van der Waals surface area (Å²) in [6.45, 7) is 6.68. The molecule has 1 heterocycles. The molecule has 0 aromatic carbocycles. The molecule has 1 fully saturated rings. The third kappa shape index (κ3) is 3.18. The zero-order valence-electron chi connectivity index (χ0n) is 9.05. The van der Waals surface area contributed by atoms with Crippen molar-refractivity contribution >= 4 is 6.03 Å². The first-order valence-electron chi connectivity index (χ1n) is 5.19. The van der Waals surface area contributed by atoms with Crippen LogP contribution in [0.5, 0.6) is 0 Å². The van der Waals surface area contributed by atoms with Crippen LogP contribution in [0.3, 0.4) is 0 Å². The lowest BCUT2D eigenvalue weighted by atomic mass is 9.89. The predicted molar refractivity (Wildman–Crippen MR) is 55.1 cm³/mol. The van der Waals surface area contributed by atoms with E-state index in [1.54, 1.807) is 0 Å². The maximum atomic E-state index is 11.4. The highest BCUT2D eigenvalue weighted by molar-refractivity contribution is 5.74. The second kappa shape index (κ2) is 4.64. The number of carbonyl (C=O) groups is 1. The van der Waals surface area contributed by atoms with E-state index in [1.165, 1.54) is 0 Å². The largest absolute Gasteiger partial charge is 0.396 e. The van der Waals surface area contributed by atoms with E-state index in [-0.39, 0.29) is 18.1 Å². The van der Waals surface area contributed by atoms with Crippen LogP contribution in [0.25, 0.3) is 0 Å². The molecule has 0 bridgehead atoms. The summed E-state index contributed by atoms with van der Waals surface area (Å²) in [5.41, 5.74) is 0.00340. The standard InChI is InChI=1S/C10H20N2O2/c1-10(2,4-7-13)8-12-6-3-5-11-9(12)14/h13H,3-8H2,1-2H3,(H,11,14). The molecule has 0 unspecified atom stereocenters. The molecule has 82 valence electrons. The minimum absolute atomic E-state index is 0.00340. The third-order valence-corrected chi connectivity index (χ3v) is 2.58. The van der Waals surface area contributed by atoms with Gasteiger partial charge in [0.05, 0.1) is 0 Å². The SMILES string of the molecule is CC(C)(CCO)CN1CCCNC1=O. The van der Waals surface area contributed by atoms with Crippen molar-refractivity contribution in [1.29, 1.82) is 0 Å². The first-order chi connectivity index (χ1) is 6.55. The average Bonchev–Trinajstić information content (AvgIpc) is 2.08. The molecular weight excluding hydrogens is 180 g/mol. The fourth-order valence-electron chi connectivity index (χ4n) is 1.73. The quantitative estimate of drug-likeness (QED) is 0.705. The van der Waals surface area contributed by atoms with Crippen molar-refractivity contribution < 1.29 is 9.90 Å². The van der Waals surface area contributed by atoms with Crippen LogP contribution in [0.1, 0.15) is 26.7 Å². The Kier molecular flexibility index (Phi) is 3.75. The molecule has 1 aliphatic heterocycles. The van der Waals surface area contributed by atoms with Gasteiger partial charge in [0.25, 0.3) is 0 Å². The van der Waals surface area contributed by atoms with Crippen molar-refractivity contribution in [2.24, 2.45) is 5.41 Å². The Bertz CT molecular complexity index is 204. The van der Waals surface area contributed by atoms with Gasteiger partial charge in [-0.1, -0.05) is 13.8 Å². The van der Waals surface area contributed by atoms with Gasteiger partial charge in [-0.25, -0.2) is 4.79 Å². The van der Waals surface area contributed by atoms with Gasteiger partial charge in [0.15, 0.2) is 0 Å². The second-order valence-corrected chi connectivity index (χ2v) is 4.64. The van der Waals surface area contributed by atoms with Gasteiger partial charge in [0.1, 0.15) is 0 Å². The number of nitrogens with zero attached hydrogens (tertiary/aromatic N) is 1. The van der Waals surface area contributed by atoms with Crippen molar-refractivity contribution in [3.05, 3.63) is 0 Å². The molecule has 4 heteroatoms. The molecule has 0 spiro atoms. The van der Waals surface area contributed by atoms with Crippen LogP contribution < -0.4 is 5.32 Å². The van der Waals surface area contributed by atoms with Crippen molar-refractivity contribution in [3.63, 3.8) is 0 Å². The van der Waals surface area contributed by atoms with Gasteiger partial charge in [-0.2, -0.15) is 0 Å². The van der Waals surface area contributed by atoms with Crippen LogP contribution in [0.15, 0.2) is 0 Å². The maximum Gasteiger partial charge on any atom is 0.317 e. The highest BCUT2D eigenvalue weighted by Crippen LogP contribution is 2.22. The molecule has 0 atom stereocenters. The lowest BCUT2D eigenvalue weighted by Crippen LogP contribution is -2.49. The summed E-state index contributed by atoms with van der Waals surface area (Å²) in [7, 11) is 0. The van der Waals surface area contributed by atoms with Crippen molar-refractivity contribution in [1.82, 2.24) is 10.2 Å². The summed E-state index contributed by atoms with van der Waals surface area (Å²) < 4.78 is 0. The average molecular weight is 200 g/mol. The highest BCUT2D eigenvalue weighted by atomic mass is 16.3. The maximum absolute atomic E-state index is 11.4. The van der Waals surface area contributed by atoms with Crippen molar-refractivity contribution in [2.45, 2.75) is 26.7 Å². The van der Waals surface area contributed by atoms with Gasteiger partial charge in [-0.05, 0) is 18.3 Å². The molecule has 14 heavy (non-hydrogen) atoms. The van der Waals surface area contributed by atoms with Crippen LogP contribution in [0.2, 0.25) is 0 Å². The van der Waals surface area contributed by atoms with E-state index in [0.717, 1.165) is 32.5 Å². The normalized spacial score (nSPS) is 18.2. The van der Waals surface area contributed by atoms with Crippen LogP contribution in [-0.4, -0.2) is 42.3 Å². The lowest BCUT2D eigenvalue weighted by molar-refractivity contribution is 0.135. The molecule has 2 amide bonds. The van der Waals surface area contributed by atoms with Crippen LogP contribution in [0, 0.1) is 5.41 Å². The van der Waals surface area contributed by atoms with E-state index >= 15 is 0 Å². The number of rotatable bonds is 4. The smallest absolute Gasteiger partial charge is 0.317 e. The minimum atomic E-state index is 0.00340. The molecule has 0 aliphatic carbocycles. The Morgan fingerprint density at radius 3 is 2.86 bits per heavy atom. The molecule has 0 aromatic rings. The van der Waals surface area contributed by atoms with Gasteiger partial charge in [-0.3, -0.25) is 0 Å². The van der Waals surface area contributed by atoms with Gasteiger partial charge >= 0.3 is 6.03 Å². The summed E-state index contributed by atoms with van der Waals surface area (Å²) in [5.74, 6) is 0. The molecule has 1 rings (SSSR count). The lowest BCUT2D eigenvalue weighted by Gasteiger charge is -2.34. The first-order valence-corrected chi connectivity index (χ1v) is 5.19. The molecule has 2 N–H and O–H groups in total. The number of nitrogens with one attached hydrogen (secondary N) is 1.